The molecule has 110 valence electrons. The molecular weight excluding hydrogens is 321 g/mol. The first-order valence-corrected chi connectivity index (χ1v) is 8.02. The fourth-order valence-electron chi connectivity index (χ4n) is 2.94. The fraction of sp³-hybridized carbons (Fsp3) is 0.562. The predicted molar refractivity (Wildman–Crippen MR) is 82.1 cm³/mol. The minimum absolute atomic E-state index is 0.215. The molecule has 4 heteroatoms. The van der Waals surface area contributed by atoms with E-state index in [1.54, 1.807) is 13.0 Å². The maximum atomic E-state index is 13.5. The van der Waals surface area contributed by atoms with Gasteiger partial charge in [0.15, 0.2) is 0 Å². The molecule has 0 radical (unpaired) electrons. The molecule has 0 aliphatic carbocycles. The number of halogens is 2. The SMILES string of the molecule is CC(=O)CC1CCCCCN1Cc1cc(F)cc(Br)c1. The van der Waals surface area contributed by atoms with Crippen LogP contribution in [0.25, 0.3) is 0 Å². The van der Waals surface area contributed by atoms with Crippen LogP contribution in [0.2, 0.25) is 0 Å². The summed E-state index contributed by atoms with van der Waals surface area (Å²) in [7, 11) is 0. The Hall–Kier alpha value is -0.740. The van der Waals surface area contributed by atoms with Crippen molar-refractivity contribution in [2.45, 2.75) is 51.6 Å². The lowest BCUT2D eigenvalue weighted by atomic mass is 10.0. The summed E-state index contributed by atoms with van der Waals surface area (Å²) in [4.78, 5) is 13.8. The van der Waals surface area contributed by atoms with E-state index in [0.717, 1.165) is 29.4 Å². The molecule has 2 nitrogen and oxygen atoms in total. The fourth-order valence-corrected chi connectivity index (χ4v) is 3.46. The molecule has 1 saturated heterocycles. The van der Waals surface area contributed by atoms with Crippen LogP contribution in [0.1, 0.15) is 44.6 Å². The Kier molecular flexibility index (Phi) is 5.73. The van der Waals surface area contributed by atoms with Gasteiger partial charge in [-0.2, -0.15) is 0 Å². The molecule has 0 saturated carbocycles. The quantitative estimate of drug-likeness (QED) is 0.813. The average Bonchev–Trinajstić information content (AvgIpc) is 2.53. The van der Waals surface area contributed by atoms with Gasteiger partial charge >= 0.3 is 0 Å². The van der Waals surface area contributed by atoms with Crippen LogP contribution in [0.15, 0.2) is 22.7 Å². The Labute approximate surface area is 128 Å². The molecule has 0 bridgehead atoms. The van der Waals surface area contributed by atoms with Crippen molar-refractivity contribution in [2.75, 3.05) is 6.54 Å². The second-order valence-corrected chi connectivity index (χ2v) is 6.57. The van der Waals surface area contributed by atoms with Crippen LogP contribution in [-0.2, 0) is 11.3 Å². The van der Waals surface area contributed by atoms with Crippen molar-refractivity contribution < 1.29 is 9.18 Å². The van der Waals surface area contributed by atoms with Gasteiger partial charge in [-0.3, -0.25) is 9.69 Å². The molecular formula is C16H21BrFNO. The van der Waals surface area contributed by atoms with Crippen molar-refractivity contribution in [2.24, 2.45) is 0 Å². The zero-order valence-corrected chi connectivity index (χ0v) is 13.5. The molecule has 1 aliphatic heterocycles. The number of carbonyl (C=O) groups excluding carboxylic acids is 1. The Morgan fingerprint density at radius 2 is 2.15 bits per heavy atom. The minimum Gasteiger partial charge on any atom is -0.300 e. The molecule has 1 heterocycles. The minimum atomic E-state index is -0.215. The summed E-state index contributed by atoms with van der Waals surface area (Å²) in [5.41, 5.74) is 0.965. The van der Waals surface area contributed by atoms with E-state index in [1.165, 1.54) is 18.9 Å². The smallest absolute Gasteiger partial charge is 0.131 e. The van der Waals surface area contributed by atoms with Crippen LogP contribution in [0, 0.1) is 5.82 Å². The van der Waals surface area contributed by atoms with Crippen LogP contribution in [0.4, 0.5) is 4.39 Å². The van der Waals surface area contributed by atoms with Gasteiger partial charge < -0.3 is 0 Å². The van der Waals surface area contributed by atoms with Crippen LogP contribution < -0.4 is 0 Å². The highest BCUT2D eigenvalue weighted by Crippen LogP contribution is 2.23. The number of hydrogen-bond acceptors (Lipinski definition) is 2. The van der Waals surface area contributed by atoms with Gasteiger partial charge in [0, 0.05) is 23.5 Å². The number of Topliss-reactive ketones (excluding diaryl/α,β-unsaturated/α-hetero) is 1. The van der Waals surface area contributed by atoms with Crippen molar-refractivity contribution in [3.8, 4) is 0 Å². The second-order valence-electron chi connectivity index (χ2n) is 5.66. The molecule has 2 rings (SSSR count). The van der Waals surface area contributed by atoms with E-state index in [1.807, 2.05) is 6.07 Å². The molecule has 0 N–H and O–H groups in total. The van der Waals surface area contributed by atoms with Crippen LogP contribution >= 0.6 is 15.9 Å². The maximum Gasteiger partial charge on any atom is 0.131 e. The van der Waals surface area contributed by atoms with E-state index in [0.29, 0.717) is 19.0 Å². The number of ketones is 1. The first-order valence-electron chi connectivity index (χ1n) is 7.23. The Morgan fingerprint density at radius 3 is 2.85 bits per heavy atom. The van der Waals surface area contributed by atoms with Gasteiger partial charge in [0.25, 0.3) is 0 Å². The summed E-state index contributed by atoms with van der Waals surface area (Å²) in [5, 5.41) is 0. The van der Waals surface area contributed by atoms with E-state index >= 15 is 0 Å². The Bertz CT molecular complexity index is 457. The molecule has 20 heavy (non-hydrogen) atoms. The summed E-state index contributed by atoms with van der Waals surface area (Å²) < 4.78 is 14.2. The average molecular weight is 342 g/mol. The number of carbonyl (C=O) groups is 1. The molecule has 1 unspecified atom stereocenters. The van der Waals surface area contributed by atoms with Crippen LogP contribution in [0.5, 0.6) is 0 Å². The van der Waals surface area contributed by atoms with Crippen molar-refractivity contribution in [3.05, 3.63) is 34.1 Å². The third-order valence-corrected chi connectivity index (χ3v) is 4.29. The first-order chi connectivity index (χ1) is 9.54. The molecule has 1 aromatic rings. The van der Waals surface area contributed by atoms with Gasteiger partial charge in [-0.1, -0.05) is 28.8 Å². The van der Waals surface area contributed by atoms with Gasteiger partial charge in [-0.15, -0.1) is 0 Å². The standard InChI is InChI=1S/C16H21BrFNO/c1-12(20)7-16-5-3-2-4-6-19(16)11-13-8-14(17)10-15(18)9-13/h8-10,16H,2-7,11H2,1H3. The molecule has 1 aliphatic rings. The Morgan fingerprint density at radius 1 is 1.35 bits per heavy atom. The summed E-state index contributed by atoms with van der Waals surface area (Å²) >= 11 is 3.34. The first kappa shape index (κ1) is 15.6. The largest absolute Gasteiger partial charge is 0.300 e. The summed E-state index contributed by atoms with van der Waals surface area (Å²) in [6.45, 7) is 3.36. The van der Waals surface area contributed by atoms with E-state index in [-0.39, 0.29) is 11.6 Å². The van der Waals surface area contributed by atoms with E-state index in [4.69, 9.17) is 0 Å². The van der Waals surface area contributed by atoms with Gasteiger partial charge in [0.1, 0.15) is 11.6 Å². The van der Waals surface area contributed by atoms with E-state index in [2.05, 4.69) is 20.8 Å². The second kappa shape index (κ2) is 7.32. The summed E-state index contributed by atoms with van der Waals surface area (Å²) in [5.74, 6) is 0.0228. The molecule has 1 atom stereocenters. The van der Waals surface area contributed by atoms with Gasteiger partial charge in [-0.05, 0) is 50.1 Å². The summed E-state index contributed by atoms with van der Waals surface area (Å²) in [6.07, 6.45) is 5.23. The zero-order chi connectivity index (χ0) is 14.5. The predicted octanol–water partition coefficient (Wildman–Crippen LogP) is 4.31. The van der Waals surface area contributed by atoms with Crippen molar-refractivity contribution in [3.63, 3.8) is 0 Å². The molecule has 1 aromatic carbocycles. The molecule has 0 amide bonds. The van der Waals surface area contributed by atoms with Crippen LogP contribution in [-0.4, -0.2) is 23.3 Å². The van der Waals surface area contributed by atoms with Crippen molar-refractivity contribution in [1.29, 1.82) is 0 Å². The highest BCUT2D eigenvalue weighted by Gasteiger charge is 2.22. The number of rotatable bonds is 4. The van der Waals surface area contributed by atoms with Crippen molar-refractivity contribution in [1.82, 2.24) is 4.90 Å². The molecule has 1 fully saturated rings. The Balaban J connectivity index is 2.11. The zero-order valence-electron chi connectivity index (χ0n) is 11.9. The third kappa shape index (κ3) is 4.67. The number of benzene rings is 1. The van der Waals surface area contributed by atoms with Gasteiger partial charge in [0.2, 0.25) is 0 Å². The number of likely N-dealkylation sites (tertiary alicyclic amines) is 1. The highest BCUT2D eigenvalue weighted by atomic mass is 79.9. The van der Waals surface area contributed by atoms with E-state index in [9.17, 15) is 9.18 Å². The summed E-state index contributed by atoms with van der Waals surface area (Å²) in [6, 6.07) is 5.31. The van der Waals surface area contributed by atoms with Gasteiger partial charge in [0.05, 0.1) is 0 Å². The molecule has 0 spiro atoms. The lowest BCUT2D eigenvalue weighted by Crippen LogP contribution is -2.35. The third-order valence-electron chi connectivity index (χ3n) is 3.83. The highest BCUT2D eigenvalue weighted by molar-refractivity contribution is 9.10. The van der Waals surface area contributed by atoms with E-state index < -0.39 is 0 Å². The van der Waals surface area contributed by atoms with Crippen LogP contribution in [0.3, 0.4) is 0 Å². The monoisotopic (exact) mass is 341 g/mol. The van der Waals surface area contributed by atoms with Crippen molar-refractivity contribution >= 4 is 21.7 Å². The number of hydrogen-bond donors (Lipinski definition) is 0. The number of nitrogens with zero attached hydrogens (tertiary/aromatic N) is 1. The molecule has 0 aromatic heterocycles. The lowest BCUT2D eigenvalue weighted by molar-refractivity contribution is -0.118. The topological polar surface area (TPSA) is 20.3 Å². The maximum absolute atomic E-state index is 13.5. The normalized spacial score (nSPS) is 20.6. The van der Waals surface area contributed by atoms with Gasteiger partial charge in [-0.25, -0.2) is 4.39 Å². The lowest BCUT2D eigenvalue weighted by Gasteiger charge is -2.29.